The molecule has 90 valence electrons. The van der Waals surface area contributed by atoms with Crippen molar-refractivity contribution in [3.05, 3.63) is 24.3 Å². The van der Waals surface area contributed by atoms with E-state index in [1.54, 1.807) is 11.8 Å². The quantitative estimate of drug-likeness (QED) is 0.749. The van der Waals surface area contributed by atoms with Crippen LogP contribution in [-0.2, 0) is 4.79 Å². The van der Waals surface area contributed by atoms with Crippen LogP contribution in [0.1, 0.15) is 25.7 Å². The Morgan fingerprint density at radius 3 is 2.24 bits per heavy atom. The smallest absolute Gasteiger partial charge is 0.137 e. The average Bonchev–Trinajstić information content (AvgIpc) is 2.62. The van der Waals surface area contributed by atoms with E-state index in [-0.39, 0.29) is 0 Å². The summed E-state index contributed by atoms with van der Waals surface area (Å²) < 4.78 is 0. The van der Waals surface area contributed by atoms with Crippen LogP contribution in [0, 0.1) is 0 Å². The highest BCUT2D eigenvalue weighted by molar-refractivity contribution is 7.98. The molecule has 2 aliphatic rings. The van der Waals surface area contributed by atoms with Crippen molar-refractivity contribution in [2.75, 3.05) is 11.2 Å². The van der Waals surface area contributed by atoms with Gasteiger partial charge in [0.2, 0.25) is 0 Å². The number of hydrogen-bond donors (Lipinski definition) is 0. The number of Topliss-reactive ketones (excluding diaryl/α,β-unsaturated/α-hetero) is 1. The second kappa shape index (κ2) is 4.37. The molecular formula is C14H17NOS. The summed E-state index contributed by atoms with van der Waals surface area (Å²) in [6.07, 6.45) is 5.96. The highest BCUT2D eigenvalue weighted by Gasteiger charge is 2.39. The Balaban J connectivity index is 1.86. The van der Waals surface area contributed by atoms with Crippen LogP contribution in [0.25, 0.3) is 0 Å². The lowest BCUT2D eigenvalue weighted by Gasteiger charge is -2.36. The number of nitrogens with zero attached hydrogens (tertiary/aromatic N) is 1. The second-order valence-electron chi connectivity index (χ2n) is 4.94. The molecule has 0 amide bonds. The maximum atomic E-state index is 11.6. The van der Waals surface area contributed by atoms with Crippen LogP contribution in [0.2, 0.25) is 0 Å². The van der Waals surface area contributed by atoms with Gasteiger partial charge in [0.15, 0.2) is 0 Å². The Morgan fingerprint density at radius 1 is 1.12 bits per heavy atom. The van der Waals surface area contributed by atoms with Crippen LogP contribution >= 0.6 is 11.8 Å². The van der Waals surface area contributed by atoms with E-state index >= 15 is 0 Å². The van der Waals surface area contributed by atoms with Crippen LogP contribution in [0.4, 0.5) is 5.69 Å². The van der Waals surface area contributed by atoms with E-state index in [9.17, 15) is 4.79 Å². The van der Waals surface area contributed by atoms with Gasteiger partial charge in [-0.2, -0.15) is 0 Å². The van der Waals surface area contributed by atoms with Gasteiger partial charge < -0.3 is 4.90 Å². The van der Waals surface area contributed by atoms with Crippen molar-refractivity contribution in [1.29, 1.82) is 0 Å². The van der Waals surface area contributed by atoms with Crippen molar-refractivity contribution >= 4 is 23.2 Å². The van der Waals surface area contributed by atoms with Gasteiger partial charge in [-0.05, 0) is 43.4 Å². The third-order valence-corrected chi connectivity index (χ3v) is 4.66. The van der Waals surface area contributed by atoms with Crippen molar-refractivity contribution < 1.29 is 4.79 Å². The first-order chi connectivity index (χ1) is 8.28. The van der Waals surface area contributed by atoms with Crippen LogP contribution in [0.5, 0.6) is 0 Å². The number of benzene rings is 1. The van der Waals surface area contributed by atoms with Gasteiger partial charge in [-0.3, -0.25) is 4.79 Å². The topological polar surface area (TPSA) is 20.3 Å². The van der Waals surface area contributed by atoms with E-state index in [1.165, 1.54) is 23.4 Å². The fourth-order valence-corrected chi connectivity index (χ4v) is 3.56. The van der Waals surface area contributed by atoms with E-state index in [0.717, 1.165) is 12.8 Å². The van der Waals surface area contributed by atoms with E-state index in [1.807, 2.05) is 0 Å². The molecule has 2 fully saturated rings. The summed E-state index contributed by atoms with van der Waals surface area (Å²) in [4.78, 5) is 15.3. The molecule has 1 aromatic rings. The standard InChI is InChI=1S/C14H17NOS/c1-17-14-6-4-10(5-7-14)15-11-2-3-12(15)9-13(16)8-11/h4-7,11-12H,2-3,8-9H2,1H3. The molecule has 0 N–H and O–H groups in total. The first kappa shape index (κ1) is 11.1. The van der Waals surface area contributed by atoms with Gasteiger partial charge in [0.05, 0.1) is 0 Å². The van der Waals surface area contributed by atoms with Crippen LogP contribution in [0.15, 0.2) is 29.2 Å². The summed E-state index contributed by atoms with van der Waals surface area (Å²) in [5, 5.41) is 0. The Hall–Kier alpha value is -0.960. The van der Waals surface area contributed by atoms with E-state index in [4.69, 9.17) is 0 Å². The van der Waals surface area contributed by atoms with Crippen molar-refractivity contribution in [2.24, 2.45) is 0 Å². The van der Waals surface area contributed by atoms with Gasteiger partial charge in [0, 0.05) is 35.5 Å². The highest BCUT2D eigenvalue weighted by atomic mass is 32.2. The number of fused-ring (bicyclic) bond motifs is 2. The lowest BCUT2D eigenvalue weighted by Crippen LogP contribution is -2.43. The molecule has 0 radical (unpaired) electrons. The molecule has 1 aromatic carbocycles. The summed E-state index contributed by atoms with van der Waals surface area (Å²) in [6.45, 7) is 0. The van der Waals surface area contributed by atoms with Crippen LogP contribution in [0.3, 0.4) is 0 Å². The minimum absolute atomic E-state index is 0.453. The van der Waals surface area contributed by atoms with Crippen molar-refractivity contribution in [1.82, 2.24) is 0 Å². The van der Waals surface area contributed by atoms with Crippen molar-refractivity contribution in [3.8, 4) is 0 Å². The Bertz CT molecular complexity index is 412. The molecule has 17 heavy (non-hydrogen) atoms. The zero-order chi connectivity index (χ0) is 11.8. The van der Waals surface area contributed by atoms with Crippen molar-refractivity contribution in [2.45, 2.75) is 42.7 Å². The van der Waals surface area contributed by atoms with Gasteiger partial charge in [-0.1, -0.05) is 0 Å². The van der Waals surface area contributed by atoms with Gasteiger partial charge in [0.25, 0.3) is 0 Å². The summed E-state index contributed by atoms with van der Waals surface area (Å²) in [7, 11) is 0. The molecule has 2 atom stereocenters. The predicted molar refractivity (Wildman–Crippen MR) is 71.8 cm³/mol. The third-order valence-electron chi connectivity index (χ3n) is 3.92. The molecule has 0 saturated carbocycles. The first-order valence-electron chi connectivity index (χ1n) is 6.22. The average molecular weight is 247 g/mol. The Kier molecular flexibility index (Phi) is 2.87. The number of piperidine rings is 1. The zero-order valence-electron chi connectivity index (χ0n) is 10.1. The largest absolute Gasteiger partial charge is 0.365 e. The third kappa shape index (κ3) is 1.97. The molecule has 2 aliphatic heterocycles. The fraction of sp³-hybridized carbons (Fsp3) is 0.500. The molecule has 2 unspecified atom stereocenters. The first-order valence-corrected chi connectivity index (χ1v) is 7.44. The Labute approximate surface area is 106 Å². The monoisotopic (exact) mass is 247 g/mol. The molecule has 3 rings (SSSR count). The van der Waals surface area contributed by atoms with Gasteiger partial charge in [-0.25, -0.2) is 0 Å². The lowest BCUT2D eigenvalue weighted by molar-refractivity contribution is -0.120. The maximum Gasteiger partial charge on any atom is 0.137 e. The molecule has 2 nitrogen and oxygen atoms in total. The molecule has 0 aromatic heterocycles. The van der Waals surface area contributed by atoms with Gasteiger partial charge in [-0.15, -0.1) is 11.8 Å². The molecule has 2 bridgehead atoms. The molecule has 0 aliphatic carbocycles. The summed E-state index contributed by atoms with van der Waals surface area (Å²) in [5.41, 5.74) is 1.29. The fourth-order valence-electron chi connectivity index (χ4n) is 3.15. The summed E-state index contributed by atoms with van der Waals surface area (Å²) in [5.74, 6) is 0.453. The van der Waals surface area contributed by atoms with Crippen LogP contribution in [-0.4, -0.2) is 24.1 Å². The highest BCUT2D eigenvalue weighted by Crippen LogP contribution is 2.38. The zero-order valence-corrected chi connectivity index (χ0v) is 10.9. The molecular weight excluding hydrogens is 230 g/mol. The Morgan fingerprint density at radius 2 is 1.71 bits per heavy atom. The number of carbonyl (C=O) groups is 1. The van der Waals surface area contributed by atoms with Gasteiger partial charge >= 0.3 is 0 Å². The number of thioether (sulfide) groups is 1. The minimum atomic E-state index is 0.453. The number of anilines is 1. The van der Waals surface area contributed by atoms with E-state index < -0.39 is 0 Å². The minimum Gasteiger partial charge on any atom is -0.365 e. The SMILES string of the molecule is CSc1ccc(N2C3CCC2CC(=O)C3)cc1. The number of rotatable bonds is 2. The second-order valence-corrected chi connectivity index (χ2v) is 5.82. The normalized spacial score (nSPS) is 27.6. The lowest BCUT2D eigenvalue weighted by atomic mass is 10.0. The van der Waals surface area contributed by atoms with E-state index in [0.29, 0.717) is 17.9 Å². The molecule has 2 saturated heterocycles. The number of hydrogen-bond acceptors (Lipinski definition) is 3. The molecule has 3 heteroatoms. The van der Waals surface area contributed by atoms with Crippen LogP contribution < -0.4 is 4.90 Å². The number of ketones is 1. The predicted octanol–water partition coefficient (Wildman–Crippen LogP) is 3.11. The molecule has 2 heterocycles. The summed E-state index contributed by atoms with van der Waals surface area (Å²) >= 11 is 1.77. The summed E-state index contributed by atoms with van der Waals surface area (Å²) in [6, 6.07) is 9.67. The van der Waals surface area contributed by atoms with E-state index in [2.05, 4.69) is 35.4 Å². The van der Waals surface area contributed by atoms with Gasteiger partial charge in [0.1, 0.15) is 5.78 Å². The number of carbonyl (C=O) groups excluding carboxylic acids is 1. The van der Waals surface area contributed by atoms with Crippen molar-refractivity contribution in [3.63, 3.8) is 0 Å². The molecule has 0 spiro atoms. The maximum absolute atomic E-state index is 11.6.